The van der Waals surface area contributed by atoms with Crippen LogP contribution >= 0.6 is 0 Å². The highest BCUT2D eigenvalue weighted by Gasteiger charge is 2.03. The molecule has 0 aromatic rings. The van der Waals surface area contributed by atoms with Gasteiger partial charge in [-0.2, -0.15) is 0 Å². The van der Waals surface area contributed by atoms with Crippen LogP contribution < -0.4 is 5.73 Å². The molecule has 2 N–H and O–H groups in total. The SMILES string of the molecule is CC#CC(CC)OC(N)=O. The van der Waals surface area contributed by atoms with Crippen molar-refractivity contribution in [3.8, 4) is 11.8 Å². The van der Waals surface area contributed by atoms with Crippen molar-refractivity contribution >= 4 is 6.09 Å². The van der Waals surface area contributed by atoms with E-state index in [9.17, 15) is 4.79 Å². The van der Waals surface area contributed by atoms with Crippen molar-refractivity contribution in [1.82, 2.24) is 0 Å². The monoisotopic (exact) mass is 141 g/mol. The summed E-state index contributed by atoms with van der Waals surface area (Å²) in [5.41, 5.74) is 4.77. The van der Waals surface area contributed by atoms with Gasteiger partial charge < -0.3 is 10.5 Å². The minimum absolute atomic E-state index is 0.345. The van der Waals surface area contributed by atoms with Gasteiger partial charge in [0.1, 0.15) is 0 Å². The van der Waals surface area contributed by atoms with E-state index >= 15 is 0 Å². The summed E-state index contributed by atoms with van der Waals surface area (Å²) >= 11 is 0. The Morgan fingerprint density at radius 1 is 1.80 bits per heavy atom. The molecule has 0 rings (SSSR count). The van der Waals surface area contributed by atoms with Crippen LogP contribution in [0.25, 0.3) is 0 Å². The molecule has 1 atom stereocenters. The first-order valence-electron chi connectivity index (χ1n) is 3.09. The van der Waals surface area contributed by atoms with Crippen LogP contribution in [0.3, 0.4) is 0 Å². The predicted molar refractivity (Wildman–Crippen MR) is 38.2 cm³/mol. The fourth-order valence-corrected chi connectivity index (χ4v) is 0.516. The van der Waals surface area contributed by atoms with Crippen LogP contribution in [0.4, 0.5) is 4.79 Å². The van der Waals surface area contributed by atoms with E-state index in [-0.39, 0.29) is 6.10 Å². The molecular formula is C7H11NO2. The molecule has 3 heteroatoms. The maximum atomic E-state index is 10.2. The summed E-state index contributed by atoms with van der Waals surface area (Å²) in [6, 6.07) is 0. The van der Waals surface area contributed by atoms with Gasteiger partial charge in [0.25, 0.3) is 0 Å². The number of rotatable bonds is 2. The molecule has 0 fully saturated rings. The van der Waals surface area contributed by atoms with E-state index in [0.29, 0.717) is 6.42 Å². The molecule has 0 aliphatic carbocycles. The third-order valence-corrected chi connectivity index (χ3v) is 0.935. The molecule has 0 aromatic carbocycles. The summed E-state index contributed by atoms with van der Waals surface area (Å²) in [4.78, 5) is 10.2. The number of hydrogen-bond acceptors (Lipinski definition) is 2. The van der Waals surface area contributed by atoms with Gasteiger partial charge in [0, 0.05) is 0 Å². The topological polar surface area (TPSA) is 52.3 Å². The molecule has 0 aliphatic rings. The van der Waals surface area contributed by atoms with Crippen LogP contribution in [0.5, 0.6) is 0 Å². The first-order valence-corrected chi connectivity index (χ1v) is 3.09. The quantitative estimate of drug-likeness (QED) is 0.580. The number of carbonyl (C=O) groups excluding carboxylic acids is 1. The van der Waals surface area contributed by atoms with E-state index < -0.39 is 6.09 Å². The zero-order valence-corrected chi connectivity index (χ0v) is 6.18. The minimum atomic E-state index is -0.769. The van der Waals surface area contributed by atoms with E-state index in [2.05, 4.69) is 16.6 Å². The van der Waals surface area contributed by atoms with Gasteiger partial charge in [-0.3, -0.25) is 0 Å². The van der Waals surface area contributed by atoms with Gasteiger partial charge in [0.2, 0.25) is 0 Å². The number of hydrogen-bond donors (Lipinski definition) is 1. The molecule has 0 bridgehead atoms. The summed E-state index contributed by atoms with van der Waals surface area (Å²) in [6.07, 6.45) is -0.443. The minimum Gasteiger partial charge on any atom is -0.433 e. The van der Waals surface area contributed by atoms with Crippen molar-refractivity contribution < 1.29 is 9.53 Å². The Morgan fingerprint density at radius 3 is 2.70 bits per heavy atom. The third kappa shape index (κ3) is 3.79. The van der Waals surface area contributed by atoms with Crippen molar-refractivity contribution in [1.29, 1.82) is 0 Å². The average molecular weight is 141 g/mol. The normalized spacial score (nSPS) is 11.0. The fourth-order valence-electron chi connectivity index (χ4n) is 0.516. The number of ether oxygens (including phenoxy) is 1. The Bertz CT molecular complexity index is 166. The van der Waals surface area contributed by atoms with Crippen molar-refractivity contribution in [3.05, 3.63) is 0 Å². The van der Waals surface area contributed by atoms with Crippen LogP contribution in [0.15, 0.2) is 0 Å². The second-order valence-electron chi connectivity index (χ2n) is 1.73. The van der Waals surface area contributed by atoms with E-state index in [1.165, 1.54) is 0 Å². The first-order chi connectivity index (χ1) is 4.70. The molecule has 0 heterocycles. The molecule has 0 saturated carbocycles. The molecule has 10 heavy (non-hydrogen) atoms. The summed E-state index contributed by atoms with van der Waals surface area (Å²) in [5, 5.41) is 0. The van der Waals surface area contributed by atoms with Crippen LogP contribution in [-0.4, -0.2) is 12.2 Å². The molecular weight excluding hydrogens is 130 g/mol. The van der Waals surface area contributed by atoms with Gasteiger partial charge in [-0.1, -0.05) is 12.8 Å². The molecule has 0 aliphatic heterocycles. The van der Waals surface area contributed by atoms with E-state index in [0.717, 1.165) is 0 Å². The van der Waals surface area contributed by atoms with Gasteiger partial charge in [0.05, 0.1) is 0 Å². The summed E-state index contributed by atoms with van der Waals surface area (Å²) in [5.74, 6) is 5.33. The highest BCUT2D eigenvalue weighted by Crippen LogP contribution is 1.94. The van der Waals surface area contributed by atoms with Crippen molar-refractivity contribution in [2.45, 2.75) is 26.4 Å². The van der Waals surface area contributed by atoms with Gasteiger partial charge in [-0.25, -0.2) is 4.79 Å². The van der Waals surface area contributed by atoms with Gasteiger partial charge in [-0.05, 0) is 13.3 Å². The van der Waals surface area contributed by atoms with E-state index in [1.807, 2.05) is 6.92 Å². The highest BCUT2D eigenvalue weighted by atomic mass is 16.6. The van der Waals surface area contributed by atoms with Gasteiger partial charge in [-0.15, -0.1) is 5.92 Å². The Morgan fingerprint density at radius 2 is 2.40 bits per heavy atom. The lowest BCUT2D eigenvalue weighted by molar-refractivity contribution is 0.131. The van der Waals surface area contributed by atoms with Crippen molar-refractivity contribution in [2.24, 2.45) is 5.73 Å². The Balaban J connectivity index is 3.79. The molecule has 3 nitrogen and oxygen atoms in total. The largest absolute Gasteiger partial charge is 0.433 e. The van der Waals surface area contributed by atoms with E-state index in [4.69, 9.17) is 5.73 Å². The summed E-state index contributed by atoms with van der Waals surface area (Å²) < 4.78 is 4.61. The molecule has 0 aromatic heterocycles. The second-order valence-corrected chi connectivity index (χ2v) is 1.73. The highest BCUT2D eigenvalue weighted by molar-refractivity contribution is 5.65. The molecule has 56 valence electrons. The lowest BCUT2D eigenvalue weighted by atomic mass is 10.3. The fraction of sp³-hybridized carbons (Fsp3) is 0.571. The number of primary amides is 1. The molecule has 0 saturated heterocycles. The summed E-state index contributed by atoms with van der Waals surface area (Å²) in [7, 11) is 0. The zero-order valence-electron chi connectivity index (χ0n) is 6.18. The van der Waals surface area contributed by atoms with Crippen molar-refractivity contribution in [2.75, 3.05) is 0 Å². The number of amides is 1. The predicted octanol–water partition coefficient (Wildman–Crippen LogP) is 0.884. The summed E-state index contributed by atoms with van der Waals surface area (Å²) in [6.45, 7) is 3.56. The molecule has 0 radical (unpaired) electrons. The molecule has 1 unspecified atom stereocenters. The molecule has 1 amide bonds. The van der Waals surface area contributed by atoms with Crippen LogP contribution in [0, 0.1) is 11.8 Å². The zero-order chi connectivity index (χ0) is 7.98. The third-order valence-electron chi connectivity index (χ3n) is 0.935. The maximum absolute atomic E-state index is 10.2. The van der Waals surface area contributed by atoms with Gasteiger partial charge >= 0.3 is 6.09 Å². The van der Waals surface area contributed by atoms with E-state index in [1.54, 1.807) is 6.92 Å². The smallest absolute Gasteiger partial charge is 0.405 e. The Labute approximate surface area is 60.5 Å². The van der Waals surface area contributed by atoms with Gasteiger partial charge in [0.15, 0.2) is 6.10 Å². The lowest BCUT2D eigenvalue weighted by Gasteiger charge is -2.05. The standard InChI is InChI=1S/C7H11NO2/c1-3-5-6(4-2)10-7(8)9/h6H,4H2,1-2H3,(H2,8,9). The first kappa shape index (κ1) is 8.83. The van der Waals surface area contributed by atoms with Crippen LogP contribution in [0.1, 0.15) is 20.3 Å². The number of carbonyl (C=O) groups is 1. The maximum Gasteiger partial charge on any atom is 0.405 e. The average Bonchev–Trinajstić information content (AvgIpc) is 1.86. The van der Waals surface area contributed by atoms with Crippen molar-refractivity contribution in [3.63, 3.8) is 0 Å². The number of nitrogens with two attached hydrogens (primary N) is 1. The lowest BCUT2D eigenvalue weighted by Crippen LogP contribution is -2.20. The Hall–Kier alpha value is -1.17. The second kappa shape index (κ2) is 4.68. The van der Waals surface area contributed by atoms with Crippen LogP contribution in [0.2, 0.25) is 0 Å². The Kier molecular flexibility index (Phi) is 4.14. The molecule has 0 spiro atoms. The van der Waals surface area contributed by atoms with Crippen LogP contribution in [-0.2, 0) is 4.74 Å².